The molecular weight excluding hydrogens is 450 g/mol. The van der Waals surface area contributed by atoms with Gasteiger partial charge in [0, 0.05) is 48.7 Å². The number of hydrogen-bond donors (Lipinski definition) is 1. The lowest BCUT2D eigenvalue weighted by Gasteiger charge is -2.35. The van der Waals surface area contributed by atoms with Crippen molar-refractivity contribution in [3.05, 3.63) is 69.3 Å². The van der Waals surface area contributed by atoms with E-state index in [0.717, 1.165) is 70.5 Å². The number of nitrogens with one attached hydrogen (secondary N) is 1. The zero-order chi connectivity index (χ0) is 22.8. The lowest BCUT2D eigenvalue weighted by atomic mass is 10.2. The van der Waals surface area contributed by atoms with Crippen molar-refractivity contribution in [2.45, 2.75) is 19.0 Å². The highest BCUT2D eigenvalue weighted by Gasteiger charge is 2.17. The minimum absolute atomic E-state index is 0.0351. The molecule has 3 aromatic heterocycles. The van der Waals surface area contributed by atoms with Gasteiger partial charge >= 0.3 is 0 Å². The number of benzene rings is 1. The molecule has 0 atom stereocenters. The summed E-state index contributed by atoms with van der Waals surface area (Å²) in [5.74, 6) is 1.86. The molecule has 1 saturated heterocycles. The van der Waals surface area contributed by atoms with Crippen molar-refractivity contribution in [3.8, 4) is 0 Å². The number of nitrogens with zero attached hydrogens (tertiary/aromatic N) is 4. The molecule has 0 amide bonds. The predicted molar refractivity (Wildman–Crippen MR) is 140 cm³/mol. The topological polar surface area (TPSA) is 65.1 Å². The van der Waals surface area contributed by atoms with Crippen molar-refractivity contribution < 1.29 is 0 Å². The average molecular weight is 478 g/mol. The van der Waals surface area contributed by atoms with Gasteiger partial charge in [0.05, 0.1) is 10.9 Å². The third kappa shape index (κ3) is 4.83. The van der Waals surface area contributed by atoms with Crippen LogP contribution in [0.2, 0.25) is 0 Å². The van der Waals surface area contributed by atoms with Gasteiger partial charge in [0.15, 0.2) is 5.16 Å². The Morgan fingerprint density at radius 2 is 1.88 bits per heavy atom. The van der Waals surface area contributed by atoms with Gasteiger partial charge in [-0.2, -0.15) is 0 Å². The summed E-state index contributed by atoms with van der Waals surface area (Å²) >= 11 is 3.16. The smallest absolute Gasteiger partial charge is 0.260 e. The van der Waals surface area contributed by atoms with Crippen LogP contribution in [0.3, 0.4) is 0 Å². The summed E-state index contributed by atoms with van der Waals surface area (Å²) in [6.45, 7) is 8.97. The highest BCUT2D eigenvalue weighted by Crippen LogP contribution is 2.27. The van der Waals surface area contributed by atoms with Gasteiger partial charge in [-0.1, -0.05) is 42.1 Å². The molecule has 1 aromatic carbocycles. The van der Waals surface area contributed by atoms with Gasteiger partial charge in [-0.25, -0.2) is 9.97 Å². The first-order chi connectivity index (χ1) is 16.1. The zero-order valence-electron chi connectivity index (χ0n) is 18.9. The van der Waals surface area contributed by atoms with Gasteiger partial charge in [0.25, 0.3) is 5.56 Å². The van der Waals surface area contributed by atoms with Crippen molar-refractivity contribution in [3.63, 3.8) is 0 Å². The first kappa shape index (κ1) is 22.1. The van der Waals surface area contributed by atoms with Crippen molar-refractivity contribution in [2.75, 3.05) is 43.4 Å². The van der Waals surface area contributed by atoms with Crippen LogP contribution in [0, 0.1) is 13.8 Å². The molecule has 1 fully saturated rings. The average Bonchev–Trinajstić information content (AvgIpc) is 3.12. The Balaban J connectivity index is 1.10. The van der Waals surface area contributed by atoms with Gasteiger partial charge in [-0.05, 0) is 37.6 Å². The normalized spacial score (nSPS) is 15.3. The van der Waals surface area contributed by atoms with Crippen molar-refractivity contribution in [1.29, 1.82) is 0 Å². The fourth-order valence-corrected chi connectivity index (χ4v) is 5.91. The van der Waals surface area contributed by atoms with Crippen LogP contribution >= 0.6 is 23.1 Å². The lowest BCUT2D eigenvalue weighted by Crippen LogP contribution is -2.46. The minimum atomic E-state index is -0.0351. The van der Waals surface area contributed by atoms with Gasteiger partial charge in [0.2, 0.25) is 0 Å². The van der Waals surface area contributed by atoms with E-state index in [-0.39, 0.29) is 5.56 Å². The number of pyridine rings is 1. The molecule has 1 N–H and O–H groups in total. The second-order valence-corrected chi connectivity index (χ2v) is 10.5. The molecule has 4 heterocycles. The van der Waals surface area contributed by atoms with E-state index in [0.29, 0.717) is 5.16 Å². The summed E-state index contributed by atoms with van der Waals surface area (Å²) in [5, 5.41) is 2.60. The maximum absolute atomic E-state index is 12.4. The van der Waals surface area contributed by atoms with Crippen molar-refractivity contribution >= 4 is 50.0 Å². The van der Waals surface area contributed by atoms with Gasteiger partial charge < -0.3 is 9.88 Å². The number of hydrogen-bond acceptors (Lipinski definition) is 7. The molecule has 0 bridgehead atoms. The largest absolute Gasteiger partial charge is 0.354 e. The summed E-state index contributed by atoms with van der Waals surface area (Å²) in [6, 6.07) is 12.6. The van der Waals surface area contributed by atoms with Gasteiger partial charge in [-0.15, -0.1) is 11.3 Å². The predicted octanol–water partition coefficient (Wildman–Crippen LogP) is 4.62. The van der Waals surface area contributed by atoms with Crippen LogP contribution in [0.25, 0.3) is 21.1 Å². The first-order valence-electron chi connectivity index (χ1n) is 11.2. The van der Waals surface area contributed by atoms with Gasteiger partial charge in [0.1, 0.15) is 10.6 Å². The number of para-hydroxylation sites is 1. The molecule has 170 valence electrons. The Labute approximate surface area is 201 Å². The van der Waals surface area contributed by atoms with E-state index in [1.54, 1.807) is 23.1 Å². The van der Waals surface area contributed by atoms with Crippen LogP contribution < -0.4 is 10.5 Å². The van der Waals surface area contributed by atoms with Crippen LogP contribution in [0.5, 0.6) is 0 Å². The Morgan fingerprint density at radius 1 is 1.06 bits per heavy atom. The Hall–Kier alpha value is -2.68. The summed E-state index contributed by atoms with van der Waals surface area (Å²) in [4.78, 5) is 31.6. The third-order valence-corrected chi connectivity index (χ3v) is 8.07. The van der Waals surface area contributed by atoms with E-state index in [2.05, 4.69) is 56.2 Å². The number of piperazine rings is 1. The zero-order valence-corrected chi connectivity index (χ0v) is 20.5. The van der Waals surface area contributed by atoms with E-state index in [1.165, 1.54) is 5.39 Å². The molecule has 0 aliphatic carbocycles. The van der Waals surface area contributed by atoms with Gasteiger partial charge in [-0.3, -0.25) is 9.69 Å². The fourth-order valence-electron chi connectivity index (χ4n) is 4.11. The highest BCUT2D eigenvalue weighted by atomic mass is 32.2. The van der Waals surface area contributed by atoms with Crippen LogP contribution in [-0.2, 0) is 0 Å². The quantitative estimate of drug-likeness (QED) is 0.248. The molecule has 0 saturated carbocycles. The number of thiophene rings is 1. The third-order valence-electron chi connectivity index (χ3n) is 6.14. The molecule has 0 radical (unpaired) electrons. The SMILES string of the molecule is Cc1sc2nc(SC/C=C/CN3CCN(c4ccc5ccccc5n4)CC3)[nH]c(=O)c2c1C. The Bertz CT molecular complexity index is 1370. The molecule has 8 heteroatoms. The number of aromatic amines is 1. The Kier molecular flexibility index (Phi) is 6.48. The van der Waals surface area contributed by atoms with Crippen molar-refractivity contribution in [1.82, 2.24) is 19.9 Å². The summed E-state index contributed by atoms with van der Waals surface area (Å²) in [5.41, 5.74) is 2.06. The monoisotopic (exact) mass is 477 g/mol. The summed E-state index contributed by atoms with van der Waals surface area (Å²) in [6.07, 6.45) is 4.38. The number of H-pyrrole nitrogens is 1. The van der Waals surface area contributed by atoms with Crippen LogP contribution in [0.1, 0.15) is 10.4 Å². The summed E-state index contributed by atoms with van der Waals surface area (Å²) < 4.78 is 0. The molecule has 1 aliphatic rings. The van der Waals surface area contributed by atoms with E-state index in [9.17, 15) is 4.79 Å². The molecule has 0 spiro atoms. The number of thioether (sulfide) groups is 1. The number of aryl methyl sites for hydroxylation is 2. The molecule has 1 aliphatic heterocycles. The molecular formula is C25H27N5OS2. The van der Waals surface area contributed by atoms with Crippen LogP contribution in [0.4, 0.5) is 5.82 Å². The van der Waals surface area contributed by atoms with E-state index in [4.69, 9.17) is 4.98 Å². The number of fused-ring (bicyclic) bond motifs is 2. The van der Waals surface area contributed by atoms with E-state index < -0.39 is 0 Å². The number of anilines is 1. The highest BCUT2D eigenvalue weighted by molar-refractivity contribution is 7.99. The van der Waals surface area contributed by atoms with E-state index >= 15 is 0 Å². The lowest BCUT2D eigenvalue weighted by molar-refractivity contribution is 0.283. The van der Waals surface area contributed by atoms with E-state index in [1.807, 2.05) is 26.0 Å². The Morgan fingerprint density at radius 3 is 2.73 bits per heavy atom. The second kappa shape index (κ2) is 9.67. The summed E-state index contributed by atoms with van der Waals surface area (Å²) in [7, 11) is 0. The molecule has 33 heavy (non-hydrogen) atoms. The van der Waals surface area contributed by atoms with Crippen molar-refractivity contribution in [2.24, 2.45) is 0 Å². The van der Waals surface area contributed by atoms with Crippen LogP contribution in [-0.4, -0.2) is 58.3 Å². The maximum Gasteiger partial charge on any atom is 0.260 e. The minimum Gasteiger partial charge on any atom is -0.354 e. The maximum atomic E-state index is 12.4. The fraction of sp³-hybridized carbons (Fsp3) is 0.320. The molecule has 6 nitrogen and oxygen atoms in total. The molecule has 5 rings (SSSR count). The second-order valence-electron chi connectivity index (χ2n) is 8.27. The first-order valence-corrected chi connectivity index (χ1v) is 13.0. The van der Waals surface area contributed by atoms with Crippen LogP contribution in [0.15, 0.2) is 58.5 Å². The number of aromatic nitrogens is 3. The number of rotatable bonds is 6. The standard InChI is InChI=1S/C25H27N5OS2/c1-17-18(2)33-24-22(17)23(31)27-25(28-24)32-16-6-5-11-29-12-14-30(15-13-29)21-10-9-19-7-3-4-8-20(19)26-21/h3-10H,11-16H2,1-2H3,(H,27,28,31)/b6-5+. The molecule has 4 aromatic rings. The molecule has 0 unspecified atom stereocenters.